The molecule has 166 valence electrons. The lowest BCUT2D eigenvalue weighted by molar-refractivity contribution is -0.126. The Labute approximate surface area is 191 Å². The summed E-state index contributed by atoms with van der Waals surface area (Å²) in [5, 5.41) is 12.6. The highest BCUT2D eigenvalue weighted by Gasteiger charge is 2.28. The average molecular weight is 440 g/mol. The molecule has 0 saturated heterocycles. The molecule has 2 amide bonds. The molecule has 0 saturated carbocycles. The van der Waals surface area contributed by atoms with Crippen LogP contribution in [0.1, 0.15) is 34.1 Å². The number of H-pyrrole nitrogens is 1. The Morgan fingerprint density at radius 2 is 2.03 bits per heavy atom. The number of nitrogens with zero attached hydrogens (tertiary/aromatic N) is 2. The van der Waals surface area contributed by atoms with Gasteiger partial charge in [-0.3, -0.25) is 14.7 Å². The number of aromatic amines is 1. The van der Waals surface area contributed by atoms with Crippen LogP contribution in [0.3, 0.4) is 0 Å². The summed E-state index contributed by atoms with van der Waals surface area (Å²) in [6.07, 6.45) is 5.87. The highest BCUT2D eigenvalue weighted by Crippen LogP contribution is 2.36. The first-order valence-corrected chi connectivity index (χ1v) is 11.0. The van der Waals surface area contributed by atoms with Gasteiger partial charge >= 0.3 is 0 Å². The van der Waals surface area contributed by atoms with Crippen molar-refractivity contribution in [2.45, 2.75) is 25.9 Å². The second kappa shape index (κ2) is 8.52. The molecule has 0 radical (unpaired) electrons. The molecular weight excluding hydrogens is 414 g/mol. The number of benzene rings is 2. The van der Waals surface area contributed by atoms with Crippen LogP contribution in [0.2, 0.25) is 0 Å². The molecule has 4 N–H and O–H groups in total. The first-order chi connectivity index (χ1) is 16.0. The number of aromatic nitrogens is 2. The van der Waals surface area contributed by atoms with Gasteiger partial charge in [0.2, 0.25) is 5.91 Å². The van der Waals surface area contributed by atoms with Gasteiger partial charge in [-0.05, 0) is 40.5 Å². The summed E-state index contributed by atoms with van der Waals surface area (Å²) < 4.78 is 0. The van der Waals surface area contributed by atoms with E-state index in [4.69, 9.17) is 5.73 Å². The number of hydrogen-bond acceptors (Lipinski definition) is 4. The van der Waals surface area contributed by atoms with Gasteiger partial charge in [-0.1, -0.05) is 42.5 Å². The van der Waals surface area contributed by atoms with Gasteiger partial charge in [-0.15, -0.1) is 0 Å². The number of nitrogens with two attached hydrogens (primary N) is 1. The van der Waals surface area contributed by atoms with Gasteiger partial charge in [0.25, 0.3) is 5.91 Å². The second-order valence-corrected chi connectivity index (χ2v) is 8.36. The van der Waals surface area contributed by atoms with Gasteiger partial charge < -0.3 is 16.0 Å². The molecule has 2 aromatic rings. The molecule has 2 heterocycles. The van der Waals surface area contributed by atoms with Crippen molar-refractivity contribution in [3.63, 3.8) is 0 Å². The van der Waals surface area contributed by atoms with Gasteiger partial charge in [0.1, 0.15) is 0 Å². The molecule has 3 aliphatic rings. The molecule has 33 heavy (non-hydrogen) atoms. The molecule has 0 aromatic heterocycles. The fourth-order valence-electron chi connectivity index (χ4n) is 4.55. The Bertz CT molecular complexity index is 1350. The minimum Gasteiger partial charge on any atom is -0.348 e. The summed E-state index contributed by atoms with van der Waals surface area (Å²) in [5.41, 5.74) is 11.1. The third-order valence-electron chi connectivity index (χ3n) is 6.24. The number of nitrogens with one attached hydrogen (secondary N) is 2. The summed E-state index contributed by atoms with van der Waals surface area (Å²) in [7, 11) is 0. The Morgan fingerprint density at radius 1 is 1.21 bits per heavy atom. The fourth-order valence-corrected chi connectivity index (χ4v) is 4.55. The Hall–Kier alpha value is -3.97. The molecule has 5 rings (SSSR count). The van der Waals surface area contributed by atoms with Crippen LogP contribution < -0.4 is 11.1 Å². The molecule has 0 unspecified atom stereocenters. The minimum atomic E-state index is -0.231. The number of carbonyl (C=O) groups excluding carboxylic acids is 2. The molecular formula is C26H25N5O2. The lowest BCUT2D eigenvalue weighted by atomic mass is 9.98. The van der Waals surface area contributed by atoms with Crippen LogP contribution in [-0.2, 0) is 17.8 Å². The van der Waals surface area contributed by atoms with E-state index in [2.05, 4.69) is 39.8 Å². The molecule has 7 nitrogen and oxygen atoms in total. The van der Waals surface area contributed by atoms with E-state index in [1.54, 1.807) is 17.3 Å². The van der Waals surface area contributed by atoms with E-state index in [9.17, 15) is 9.59 Å². The highest BCUT2D eigenvalue weighted by molar-refractivity contribution is 6.02. The predicted molar refractivity (Wildman–Crippen MR) is 128 cm³/mol. The van der Waals surface area contributed by atoms with Gasteiger partial charge in [0, 0.05) is 42.4 Å². The number of hydrogen-bond donors (Lipinski definition) is 3. The van der Waals surface area contributed by atoms with Crippen LogP contribution >= 0.6 is 0 Å². The Kier molecular flexibility index (Phi) is 5.40. The first kappa shape index (κ1) is 20.9. The van der Waals surface area contributed by atoms with Crippen molar-refractivity contribution in [3.05, 3.63) is 83.3 Å². The van der Waals surface area contributed by atoms with Crippen molar-refractivity contribution in [1.29, 1.82) is 0 Å². The zero-order valence-electron chi connectivity index (χ0n) is 18.3. The molecule has 0 fully saturated rings. The predicted octanol–water partition coefficient (Wildman–Crippen LogP) is 3.30. The SMILES string of the molecule is CC(=O)N1C=Cc2[nH]ncc3cc(C(=O)N[C@H](CN)Cc4cccc5ccccc45)c(c2-3)C1. The van der Waals surface area contributed by atoms with E-state index in [1.165, 1.54) is 6.92 Å². The summed E-state index contributed by atoms with van der Waals surface area (Å²) >= 11 is 0. The summed E-state index contributed by atoms with van der Waals surface area (Å²) in [6, 6.07) is 16.0. The third-order valence-corrected chi connectivity index (χ3v) is 6.24. The van der Waals surface area contributed by atoms with Crippen molar-refractivity contribution in [1.82, 2.24) is 20.4 Å². The van der Waals surface area contributed by atoms with Crippen molar-refractivity contribution in [2.75, 3.05) is 6.54 Å². The minimum absolute atomic E-state index is 0.0940. The van der Waals surface area contributed by atoms with E-state index in [0.717, 1.165) is 38.7 Å². The smallest absolute Gasteiger partial charge is 0.251 e. The average Bonchev–Trinajstić information content (AvgIpc) is 3.08. The van der Waals surface area contributed by atoms with Crippen molar-refractivity contribution >= 4 is 28.7 Å². The molecule has 7 heteroatoms. The topological polar surface area (TPSA) is 104 Å². The summed E-state index contributed by atoms with van der Waals surface area (Å²) in [4.78, 5) is 27.1. The molecule has 2 aromatic carbocycles. The number of rotatable bonds is 5. The molecule has 0 bridgehead atoms. The maximum absolute atomic E-state index is 13.4. The summed E-state index contributed by atoms with van der Waals surface area (Å²) in [5.74, 6) is -0.295. The quantitative estimate of drug-likeness (QED) is 0.444. The monoisotopic (exact) mass is 439 g/mol. The second-order valence-electron chi connectivity index (χ2n) is 8.36. The van der Waals surface area contributed by atoms with Crippen LogP contribution in [0.5, 0.6) is 0 Å². The van der Waals surface area contributed by atoms with Gasteiger partial charge in [-0.2, -0.15) is 5.10 Å². The van der Waals surface area contributed by atoms with Crippen LogP contribution in [0, 0.1) is 0 Å². The normalized spacial score (nSPS) is 13.8. The van der Waals surface area contributed by atoms with E-state index in [1.807, 2.05) is 30.3 Å². The van der Waals surface area contributed by atoms with Crippen LogP contribution in [0.15, 0.2) is 60.9 Å². The van der Waals surface area contributed by atoms with Gasteiger partial charge in [-0.25, -0.2) is 0 Å². The molecule has 1 aliphatic carbocycles. The van der Waals surface area contributed by atoms with Gasteiger partial charge in [0.05, 0.1) is 18.4 Å². The van der Waals surface area contributed by atoms with E-state index < -0.39 is 0 Å². The number of carbonyl (C=O) groups is 2. The maximum atomic E-state index is 13.4. The van der Waals surface area contributed by atoms with Crippen molar-refractivity contribution in [3.8, 4) is 11.1 Å². The lowest BCUT2D eigenvalue weighted by Gasteiger charge is -2.20. The largest absolute Gasteiger partial charge is 0.348 e. The Balaban J connectivity index is 1.46. The standard InChI is InChI=1S/C26H25N5O2/c1-16(32)31-10-9-24-25-19(14-28-30-24)12-22(23(25)15-31)26(33)29-20(13-27)11-18-7-4-6-17-5-2-3-8-21(17)18/h2-10,12,14,20,30H,11,13,15,27H2,1H3,(H,29,33)/t20-/m0/s1. The first-order valence-electron chi connectivity index (χ1n) is 11.0. The molecule has 2 aliphatic heterocycles. The van der Waals surface area contributed by atoms with E-state index >= 15 is 0 Å². The van der Waals surface area contributed by atoms with E-state index in [0.29, 0.717) is 25.1 Å². The van der Waals surface area contributed by atoms with Gasteiger partial charge in [0.15, 0.2) is 0 Å². The zero-order valence-corrected chi connectivity index (χ0v) is 18.3. The van der Waals surface area contributed by atoms with Crippen molar-refractivity contribution < 1.29 is 9.59 Å². The van der Waals surface area contributed by atoms with Crippen LogP contribution in [-0.4, -0.2) is 39.5 Å². The number of amides is 2. The fraction of sp³-hybridized carbons (Fsp3) is 0.192. The van der Waals surface area contributed by atoms with Crippen LogP contribution in [0.25, 0.3) is 28.0 Å². The highest BCUT2D eigenvalue weighted by atomic mass is 16.2. The van der Waals surface area contributed by atoms with E-state index in [-0.39, 0.29) is 17.9 Å². The zero-order chi connectivity index (χ0) is 22.9. The third kappa shape index (κ3) is 3.87. The molecule has 0 spiro atoms. The summed E-state index contributed by atoms with van der Waals surface area (Å²) in [6.45, 7) is 2.14. The number of fused-ring (bicyclic) bond motifs is 1. The van der Waals surface area contributed by atoms with Crippen LogP contribution in [0.4, 0.5) is 0 Å². The Morgan fingerprint density at radius 3 is 2.85 bits per heavy atom. The lowest BCUT2D eigenvalue weighted by Crippen LogP contribution is -2.42. The molecule has 1 atom stereocenters. The maximum Gasteiger partial charge on any atom is 0.251 e. The van der Waals surface area contributed by atoms with Crippen molar-refractivity contribution in [2.24, 2.45) is 5.73 Å².